The average Bonchev–Trinajstić information content (AvgIpc) is 2.66. The van der Waals surface area contributed by atoms with Crippen molar-refractivity contribution in [2.75, 3.05) is 19.7 Å². The fourth-order valence-electron chi connectivity index (χ4n) is 1.75. The van der Waals surface area contributed by atoms with E-state index in [9.17, 15) is 0 Å². The van der Waals surface area contributed by atoms with Crippen molar-refractivity contribution in [3.05, 3.63) is 11.4 Å². The summed E-state index contributed by atoms with van der Waals surface area (Å²) in [5.74, 6) is 0.686. The minimum absolute atomic E-state index is 0.513. The van der Waals surface area contributed by atoms with Gasteiger partial charge in [0.25, 0.3) is 0 Å². The number of hydrogen-bond acceptors (Lipinski definition) is 5. The molecule has 1 aliphatic heterocycles. The minimum Gasteiger partial charge on any atom is -0.375 e. The number of nitrogens with one attached hydrogen (secondary N) is 1. The van der Waals surface area contributed by atoms with Crippen molar-refractivity contribution in [3.8, 4) is 0 Å². The molecule has 0 aromatic carbocycles. The van der Waals surface area contributed by atoms with E-state index in [-0.39, 0.29) is 0 Å². The molecule has 0 atom stereocenters. The molecule has 0 spiro atoms. The number of hydrogen-bond donors (Lipinski definition) is 1. The standard InChI is InChI=1S/C10H17N3O2/c1-8-10(13-15-12-8)7-14-6-9-2-4-11-5-3-9/h9,11H,2-7H2,1H3. The van der Waals surface area contributed by atoms with Crippen molar-refractivity contribution in [2.45, 2.75) is 26.4 Å². The first-order chi connectivity index (χ1) is 7.36. The van der Waals surface area contributed by atoms with E-state index in [4.69, 9.17) is 4.74 Å². The van der Waals surface area contributed by atoms with Gasteiger partial charge in [-0.1, -0.05) is 10.3 Å². The molecule has 1 aromatic rings. The maximum atomic E-state index is 5.61. The van der Waals surface area contributed by atoms with Crippen molar-refractivity contribution < 1.29 is 9.37 Å². The van der Waals surface area contributed by atoms with Crippen LogP contribution in [0.2, 0.25) is 0 Å². The maximum absolute atomic E-state index is 5.61. The molecule has 0 amide bonds. The molecule has 0 unspecified atom stereocenters. The monoisotopic (exact) mass is 211 g/mol. The van der Waals surface area contributed by atoms with Crippen LogP contribution in [0.1, 0.15) is 24.2 Å². The Bertz CT molecular complexity index is 295. The van der Waals surface area contributed by atoms with Gasteiger partial charge < -0.3 is 10.1 Å². The van der Waals surface area contributed by atoms with E-state index in [0.29, 0.717) is 12.5 Å². The van der Waals surface area contributed by atoms with Crippen LogP contribution in [0.15, 0.2) is 4.63 Å². The van der Waals surface area contributed by atoms with Crippen LogP contribution in [0.5, 0.6) is 0 Å². The fraction of sp³-hybridized carbons (Fsp3) is 0.800. The molecule has 0 radical (unpaired) electrons. The Morgan fingerprint density at radius 2 is 2.20 bits per heavy atom. The third kappa shape index (κ3) is 3.00. The van der Waals surface area contributed by atoms with Gasteiger partial charge in [-0.3, -0.25) is 0 Å². The Hall–Kier alpha value is -0.940. The molecule has 1 aromatic heterocycles. The number of ether oxygens (including phenoxy) is 1. The number of aromatic nitrogens is 2. The highest BCUT2D eigenvalue weighted by Crippen LogP contribution is 2.12. The van der Waals surface area contributed by atoms with Gasteiger partial charge in [-0.25, -0.2) is 4.63 Å². The zero-order valence-electron chi connectivity index (χ0n) is 9.03. The first-order valence-electron chi connectivity index (χ1n) is 5.43. The van der Waals surface area contributed by atoms with Crippen LogP contribution < -0.4 is 5.32 Å². The molecule has 1 saturated heterocycles. The molecule has 0 saturated carbocycles. The van der Waals surface area contributed by atoms with Crippen LogP contribution in [-0.2, 0) is 11.3 Å². The van der Waals surface area contributed by atoms with E-state index in [1.807, 2.05) is 6.92 Å². The molecule has 1 N–H and O–H groups in total. The molecule has 1 aliphatic rings. The molecule has 0 bridgehead atoms. The Morgan fingerprint density at radius 3 is 2.87 bits per heavy atom. The summed E-state index contributed by atoms with van der Waals surface area (Å²) in [6.45, 7) is 5.42. The van der Waals surface area contributed by atoms with Gasteiger partial charge >= 0.3 is 0 Å². The lowest BCUT2D eigenvalue weighted by atomic mass is 9.99. The lowest BCUT2D eigenvalue weighted by Gasteiger charge is -2.21. The fourth-order valence-corrected chi connectivity index (χ4v) is 1.75. The molecule has 2 heterocycles. The molecular formula is C10H17N3O2. The van der Waals surface area contributed by atoms with Gasteiger partial charge in [-0.2, -0.15) is 0 Å². The Balaban J connectivity index is 1.68. The number of nitrogens with zero attached hydrogens (tertiary/aromatic N) is 2. The Morgan fingerprint density at radius 1 is 1.40 bits per heavy atom. The predicted molar refractivity (Wildman–Crippen MR) is 54.3 cm³/mol. The van der Waals surface area contributed by atoms with E-state index in [0.717, 1.165) is 31.1 Å². The average molecular weight is 211 g/mol. The van der Waals surface area contributed by atoms with Crippen LogP contribution in [0.3, 0.4) is 0 Å². The largest absolute Gasteiger partial charge is 0.375 e. The van der Waals surface area contributed by atoms with Crippen LogP contribution in [0, 0.1) is 12.8 Å². The van der Waals surface area contributed by atoms with Crippen molar-refractivity contribution in [1.29, 1.82) is 0 Å². The summed E-state index contributed by atoms with van der Waals surface area (Å²) in [6, 6.07) is 0. The van der Waals surface area contributed by atoms with Gasteiger partial charge in [0.05, 0.1) is 13.2 Å². The third-order valence-corrected chi connectivity index (χ3v) is 2.80. The summed E-state index contributed by atoms with van der Waals surface area (Å²) in [4.78, 5) is 0. The summed E-state index contributed by atoms with van der Waals surface area (Å²) < 4.78 is 10.2. The first-order valence-corrected chi connectivity index (χ1v) is 5.43. The van der Waals surface area contributed by atoms with Crippen molar-refractivity contribution in [1.82, 2.24) is 15.6 Å². The summed E-state index contributed by atoms with van der Waals surface area (Å²) >= 11 is 0. The van der Waals surface area contributed by atoms with Gasteiger partial charge in [-0.05, 0) is 38.8 Å². The highest BCUT2D eigenvalue weighted by molar-refractivity contribution is 5.02. The van der Waals surface area contributed by atoms with Crippen molar-refractivity contribution in [3.63, 3.8) is 0 Å². The highest BCUT2D eigenvalue weighted by Gasteiger charge is 2.13. The molecule has 84 valence electrons. The molecular weight excluding hydrogens is 194 g/mol. The minimum atomic E-state index is 0.513. The zero-order chi connectivity index (χ0) is 10.5. The van der Waals surface area contributed by atoms with Gasteiger partial charge in [0.2, 0.25) is 0 Å². The molecule has 5 nitrogen and oxygen atoms in total. The second-order valence-electron chi connectivity index (χ2n) is 4.00. The lowest BCUT2D eigenvalue weighted by Crippen LogP contribution is -2.29. The highest BCUT2D eigenvalue weighted by atomic mass is 16.6. The second kappa shape index (κ2) is 5.23. The number of aryl methyl sites for hydroxylation is 1. The van der Waals surface area contributed by atoms with E-state index in [1.54, 1.807) is 0 Å². The summed E-state index contributed by atoms with van der Waals surface area (Å²) in [6.07, 6.45) is 2.41. The lowest BCUT2D eigenvalue weighted by molar-refractivity contribution is 0.0724. The van der Waals surface area contributed by atoms with E-state index >= 15 is 0 Å². The first kappa shape index (κ1) is 10.6. The predicted octanol–water partition coefficient (Wildman–Crippen LogP) is 0.894. The Labute approximate surface area is 89.1 Å². The number of piperidine rings is 1. The summed E-state index contributed by atoms with van der Waals surface area (Å²) in [7, 11) is 0. The number of rotatable bonds is 4. The van der Waals surface area contributed by atoms with Crippen LogP contribution in [0.4, 0.5) is 0 Å². The van der Waals surface area contributed by atoms with Crippen molar-refractivity contribution in [2.24, 2.45) is 5.92 Å². The van der Waals surface area contributed by atoms with E-state index in [2.05, 4.69) is 20.3 Å². The SMILES string of the molecule is Cc1nonc1COCC1CCNCC1. The molecule has 1 fully saturated rings. The third-order valence-electron chi connectivity index (χ3n) is 2.80. The summed E-state index contributed by atoms with van der Waals surface area (Å²) in [5.41, 5.74) is 1.63. The van der Waals surface area contributed by atoms with E-state index < -0.39 is 0 Å². The smallest absolute Gasteiger partial charge is 0.133 e. The molecule has 2 rings (SSSR count). The quantitative estimate of drug-likeness (QED) is 0.801. The maximum Gasteiger partial charge on any atom is 0.133 e. The summed E-state index contributed by atoms with van der Waals surface area (Å²) in [5, 5.41) is 10.8. The second-order valence-corrected chi connectivity index (χ2v) is 4.00. The van der Waals surface area contributed by atoms with Crippen LogP contribution in [0.25, 0.3) is 0 Å². The van der Waals surface area contributed by atoms with Crippen molar-refractivity contribution >= 4 is 0 Å². The molecule has 0 aliphatic carbocycles. The van der Waals surface area contributed by atoms with Crippen LogP contribution in [-0.4, -0.2) is 30.0 Å². The van der Waals surface area contributed by atoms with Gasteiger partial charge in [0.15, 0.2) is 0 Å². The molecule has 5 heteroatoms. The normalized spacial score (nSPS) is 18.2. The topological polar surface area (TPSA) is 60.2 Å². The Kier molecular flexibility index (Phi) is 3.69. The zero-order valence-corrected chi connectivity index (χ0v) is 9.03. The molecule has 15 heavy (non-hydrogen) atoms. The van der Waals surface area contributed by atoms with Gasteiger partial charge in [0, 0.05) is 0 Å². The van der Waals surface area contributed by atoms with Gasteiger partial charge in [-0.15, -0.1) is 0 Å². The van der Waals surface area contributed by atoms with Gasteiger partial charge in [0.1, 0.15) is 11.4 Å². The van der Waals surface area contributed by atoms with Crippen LogP contribution >= 0.6 is 0 Å². The van der Waals surface area contributed by atoms with E-state index in [1.165, 1.54) is 12.8 Å².